The van der Waals surface area contributed by atoms with Gasteiger partial charge in [0.15, 0.2) is 0 Å². The van der Waals surface area contributed by atoms with E-state index in [4.69, 9.17) is 0 Å². The second kappa shape index (κ2) is 5.63. The maximum Gasteiger partial charge on any atom is 0.220 e. The van der Waals surface area contributed by atoms with Crippen LogP contribution in [-0.2, 0) is 4.79 Å². The molecule has 2 aliphatic rings. The van der Waals surface area contributed by atoms with Crippen LogP contribution in [0.3, 0.4) is 0 Å². The molecule has 3 nitrogen and oxygen atoms in total. The van der Waals surface area contributed by atoms with Crippen molar-refractivity contribution in [1.29, 1.82) is 0 Å². The summed E-state index contributed by atoms with van der Waals surface area (Å²) in [6.07, 6.45) is 5.65. The Morgan fingerprint density at radius 3 is 2.84 bits per heavy atom. The predicted molar refractivity (Wildman–Crippen MR) is 78.2 cm³/mol. The van der Waals surface area contributed by atoms with E-state index in [0.717, 1.165) is 0 Å². The molecule has 1 aromatic rings. The normalized spacial score (nSPS) is 31.1. The lowest BCUT2D eigenvalue weighted by molar-refractivity contribution is -0.122. The van der Waals surface area contributed by atoms with Crippen molar-refractivity contribution in [3.63, 3.8) is 0 Å². The van der Waals surface area contributed by atoms with Gasteiger partial charge in [0.2, 0.25) is 5.91 Å². The Labute approximate surface area is 118 Å². The number of carbonyl (C=O) groups excluding carboxylic acids is 1. The Kier molecular flexibility index (Phi) is 3.89. The summed E-state index contributed by atoms with van der Waals surface area (Å²) in [4.78, 5) is 12.1. The molecule has 4 heteroatoms. The van der Waals surface area contributed by atoms with Crippen LogP contribution in [0.15, 0.2) is 16.8 Å². The van der Waals surface area contributed by atoms with Crippen molar-refractivity contribution in [2.75, 3.05) is 0 Å². The fourth-order valence-electron chi connectivity index (χ4n) is 3.51. The number of fused-ring (bicyclic) bond motifs is 2. The first kappa shape index (κ1) is 13.1. The summed E-state index contributed by atoms with van der Waals surface area (Å²) in [6.45, 7) is 2.06. The van der Waals surface area contributed by atoms with Crippen LogP contribution in [0.25, 0.3) is 0 Å². The summed E-state index contributed by atoms with van der Waals surface area (Å²) in [6, 6.07) is 3.56. The molecule has 2 aliphatic heterocycles. The number of hydrogen-bond acceptors (Lipinski definition) is 3. The molecule has 2 saturated heterocycles. The molecule has 0 aromatic carbocycles. The van der Waals surface area contributed by atoms with E-state index in [1.165, 1.54) is 31.2 Å². The van der Waals surface area contributed by atoms with Crippen molar-refractivity contribution in [3.8, 4) is 0 Å². The molecule has 0 saturated carbocycles. The van der Waals surface area contributed by atoms with Crippen molar-refractivity contribution in [3.05, 3.63) is 22.4 Å². The van der Waals surface area contributed by atoms with E-state index in [-0.39, 0.29) is 11.9 Å². The molecule has 3 atom stereocenters. The van der Waals surface area contributed by atoms with E-state index in [9.17, 15) is 4.79 Å². The minimum Gasteiger partial charge on any atom is -0.350 e. The predicted octanol–water partition coefficient (Wildman–Crippen LogP) is 2.85. The fraction of sp³-hybridized carbons (Fsp3) is 0.667. The Hall–Kier alpha value is -0.870. The number of carbonyl (C=O) groups is 1. The lowest BCUT2D eigenvalue weighted by atomic mass is 9.89. The highest BCUT2D eigenvalue weighted by Crippen LogP contribution is 2.32. The Morgan fingerprint density at radius 1 is 1.47 bits per heavy atom. The van der Waals surface area contributed by atoms with Gasteiger partial charge in [0.05, 0.1) is 6.04 Å². The molecule has 104 valence electrons. The first-order valence-corrected chi connectivity index (χ1v) is 8.22. The van der Waals surface area contributed by atoms with Gasteiger partial charge in [-0.15, -0.1) is 0 Å². The third kappa shape index (κ3) is 3.18. The van der Waals surface area contributed by atoms with Gasteiger partial charge in [0.1, 0.15) is 0 Å². The van der Waals surface area contributed by atoms with Crippen LogP contribution in [0.2, 0.25) is 0 Å². The van der Waals surface area contributed by atoms with E-state index < -0.39 is 0 Å². The van der Waals surface area contributed by atoms with Gasteiger partial charge in [0.25, 0.3) is 0 Å². The summed E-state index contributed by atoms with van der Waals surface area (Å²) in [5.41, 5.74) is 1.21. The Bertz CT molecular complexity index is 419. The lowest BCUT2D eigenvalue weighted by Crippen LogP contribution is -2.39. The number of rotatable bonds is 4. The van der Waals surface area contributed by atoms with E-state index in [2.05, 4.69) is 34.4 Å². The van der Waals surface area contributed by atoms with Crippen LogP contribution in [0.5, 0.6) is 0 Å². The molecule has 1 amide bonds. The van der Waals surface area contributed by atoms with E-state index in [1.807, 2.05) is 0 Å². The molecular formula is C15H22N2OS. The number of thiophene rings is 1. The Balaban J connectivity index is 1.49. The number of hydrogen-bond donors (Lipinski definition) is 2. The van der Waals surface area contributed by atoms with Crippen LogP contribution in [0.1, 0.15) is 50.6 Å². The highest BCUT2D eigenvalue weighted by molar-refractivity contribution is 7.07. The monoisotopic (exact) mass is 278 g/mol. The summed E-state index contributed by atoms with van der Waals surface area (Å²) in [5.74, 6) is 0.790. The summed E-state index contributed by atoms with van der Waals surface area (Å²) >= 11 is 1.68. The van der Waals surface area contributed by atoms with Crippen molar-refractivity contribution in [1.82, 2.24) is 10.6 Å². The zero-order chi connectivity index (χ0) is 13.2. The van der Waals surface area contributed by atoms with Crippen LogP contribution < -0.4 is 10.6 Å². The van der Waals surface area contributed by atoms with Gasteiger partial charge >= 0.3 is 0 Å². The molecule has 19 heavy (non-hydrogen) atoms. The van der Waals surface area contributed by atoms with Crippen LogP contribution in [0, 0.1) is 5.92 Å². The standard InChI is InChI=1S/C15H22N2OS/c1-10(12-4-5-19-9-12)16-15(18)8-11-6-13-2-3-14(7-11)17-13/h4-5,9-11,13-14,17H,2-3,6-8H2,1H3,(H,16,18). The van der Waals surface area contributed by atoms with Gasteiger partial charge < -0.3 is 10.6 Å². The van der Waals surface area contributed by atoms with E-state index >= 15 is 0 Å². The van der Waals surface area contributed by atoms with E-state index in [1.54, 1.807) is 11.3 Å². The maximum absolute atomic E-state index is 12.1. The summed E-state index contributed by atoms with van der Waals surface area (Å²) in [7, 11) is 0. The molecule has 3 rings (SSSR count). The average Bonchev–Trinajstić information content (AvgIpc) is 2.99. The van der Waals surface area contributed by atoms with Crippen LogP contribution >= 0.6 is 11.3 Å². The van der Waals surface area contributed by atoms with Gasteiger partial charge in [-0.05, 0) is 60.9 Å². The molecule has 2 fully saturated rings. The highest BCUT2D eigenvalue weighted by Gasteiger charge is 2.34. The maximum atomic E-state index is 12.1. The molecular weight excluding hydrogens is 256 g/mol. The van der Waals surface area contributed by atoms with Crippen LogP contribution in [-0.4, -0.2) is 18.0 Å². The van der Waals surface area contributed by atoms with Crippen molar-refractivity contribution < 1.29 is 4.79 Å². The minimum absolute atomic E-state index is 0.136. The van der Waals surface area contributed by atoms with Crippen LogP contribution in [0.4, 0.5) is 0 Å². The largest absolute Gasteiger partial charge is 0.350 e. The van der Waals surface area contributed by atoms with Gasteiger partial charge in [0, 0.05) is 18.5 Å². The molecule has 1 aromatic heterocycles. The van der Waals surface area contributed by atoms with Crippen molar-refractivity contribution >= 4 is 17.2 Å². The first-order valence-electron chi connectivity index (χ1n) is 7.28. The molecule has 2 bridgehead atoms. The zero-order valence-electron chi connectivity index (χ0n) is 11.4. The lowest BCUT2D eigenvalue weighted by Gasteiger charge is -2.29. The molecule has 3 unspecified atom stereocenters. The third-order valence-corrected chi connectivity index (χ3v) is 5.17. The molecule has 2 N–H and O–H groups in total. The molecule has 3 heterocycles. The van der Waals surface area contributed by atoms with E-state index in [0.29, 0.717) is 24.4 Å². The molecule has 0 spiro atoms. The number of nitrogens with one attached hydrogen (secondary N) is 2. The van der Waals surface area contributed by atoms with Gasteiger partial charge in [-0.2, -0.15) is 11.3 Å². The zero-order valence-corrected chi connectivity index (χ0v) is 12.2. The quantitative estimate of drug-likeness (QED) is 0.889. The third-order valence-electron chi connectivity index (χ3n) is 4.47. The van der Waals surface area contributed by atoms with Gasteiger partial charge in [-0.3, -0.25) is 4.79 Å². The van der Waals surface area contributed by atoms with Crippen molar-refractivity contribution in [2.24, 2.45) is 5.92 Å². The molecule has 0 aliphatic carbocycles. The Morgan fingerprint density at radius 2 is 2.21 bits per heavy atom. The fourth-order valence-corrected chi connectivity index (χ4v) is 4.26. The van der Waals surface area contributed by atoms with Gasteiger partial charge in [-0.25, -0.2) is 0 Å². The number of amides is 1. The topological polar surface area (TPSA) is 41.1 Å². The second-order valence-corrected chi connectivity index (χ2v) is 6.81. The number of piperidine rings is 1. The van der Waals surface area contributed by atoms with Crippen molar-refractivity contribution in [2.45, 2.75) is 57.2 Å². The van der Waals surface area contributed by atoms with Gasteiger partial charge in [-0.1, -0.05) is 0 Å². The summed E-state index contributed by atoms with van der Waals surface area (Å²) in [5, 5.41) is 10.9. The summed E-state index contributed by atoms with van der Waals surface area (Å²) < 4.78 is 0. The second-order valence-electron chi connectivity index (χ2n) is 6.03. The SMILES string of the molecule is CC(NC(=O)CC1CC2CCC(C1)N2)c1ccsc1. The highest BCUT2D eigenvalue weighted by atomic mass is 32.1. The molecule has 0 radical (unpaired) electrons. The smallest absolute Gasteiger partial charge is 0.220 e. The average molecular weight is 278 g/mol. The first-order chi connectivity index (χ1) is 9.20. The minimum atomic E-state index is 0.136.